The number of halogens is 2. The van der Waals surface area contributed by atoms with Gasteiger partial charge in [0.05, 0.1) is 10.6 Å². The summed E-state index contributed by atoms with van der Waals surface area (Å²) in [4.78, 5) is 25.3. The summed E-state index contributed by atoms with van der Waals surface area (Å²) in [6, 6.07) is 14.1. The van der Waals surface area contributed by atoms with Crippen LogP contribution in [0, 0.1) is 0 Å². The number of benzene rings is 2. The number of carbonyl (C=O) groups is 2. The van der Waals surface area contributed by atoms with Crippen LogP contribution in [0.5, 0.6) is 0 Å². The predicted molar refractivity (Wildman–Crippen MR) is 107 cm³/mol. The van der Waals surface area contributed by atoms with E-state index in [1.54, 1.807) is 11.0 Å². The standard InChI is InChI=1S/C18H17Cl2N3O2S/c19-13-6-7-14(15(20)10-13)17(25)22-18(26)23(9-8-16(21)24)11-12-4-2-1-3-5-12/h1-7,10H,8-9,11H2,(H2,21,24)(H,22,25,26). The number of carbonyl (C=O) groups excluding carboxylic acids is 2. The highest BCUT2D eigenvalue weighted by atomic mass is 35.5. The second kappa shape index (κ2) is 9.52. The van der Waals surface area contributed by atoms with Crippen LogP contribution in [0.2, 0.25) is 10.0 Å². The molecule has 0 aromatic heterocycles. The van der Waals surface area contributed by atoms with Crippen LogP contribution in [0.4, 0.5) is 0 Å². The molecule has 0 aliphatic rings. The Balaban J connectivity index is 2.11. The lowest BCUT2D eigenvalue weighted by atomic mass is 10.2. The average Bonchev–Trinajstić information content (AvgIpc) is 2.59. The minimum atomic E-state index is -0.450. The molecule has 5 nitrogen and oxygen atoms in total. The summed E-state index contributed by atoms with van der Waals surface area (Å²) < 4.78 is 0. The number of primary amides is 1. The van der Waals surface area contributed by atoms with E-state index in [2.05, 4.69) is 5.32 Å². The zero-order valence-electron chi connectivity index (χ0n) is 13.7. The Bertz CT molecular complexity index is 815. The minimum Gasteiger partial charge on any atom is -0.370 e. The van der Waals surface area contributed by atoms with Crippen molar-refractivity contribution in [3.8, 4) is 0 Å². The van der Waals surface area contributed by atoms with Gasteiger partial charge in [0.25, 0.3) is 5.91 Å². The molecular weight excluding hydrogens is 393 g/mol. The minimum absolute atomic E-state index is 0.116. The van der Waals surface area contributed by atoms with Gasteiger partial charge in [-0.3, -0.25) is 14.9 Å². The van der Waals surface area contributed by atoms with E-state index in [-0.39, 0.29) is 28.7 Å². The predicted octanol–water partition coefficient (Wildman–Crippen LogP) is 3.39. The van der Waals surface area contributed by atoms with Crippen LogP contribution in [0.15, 0.2) is 48.5 Å². The lowest BCUT2D eigenvalue weighted by Gasteiger charge is -2.25. The third kappa shape index (κ3) is 5.98. The highest BCUT2D eigenvalue weighted by Crippen LogP contribution is 2.21. The molecule has 8 heteroatoms. The van der Waals surface area contributed by atoms with Gasteiger partial charge in [0.1, 0.15) is 0 Å². The molecule has 0 bridgehead atoms. The largest absolute Gasteiger partial charge is 0.370 e. The van der Waals surface area contributed by atoms with Crippen molar-refractivity contribution < 1.29 is 9.59 Å². The summed E-state index contributed by atoms with van der Waals surface area (Å²) in [7, 11) is 0. The summed E-state index contributed by atoms with van der Waals surface area (Å²) in [5, 5.41) is 3.48. The summed E-state index contributed by atoms with van der Waals surface area (Å²) in [5.74, 6) is -0.897. The molecule has 0 aliphatic heterocycles. The topological polar surface area (TPSA) is 75.4 Å². The maximum absolute atomic E-state index is 12.4. The molecule has 0 atom stereocenters. The number of nitrogens with zero attached hydrogens (tertiary/aromatic N) is 1. The molecule has 0 heterocycles. The number of amides is 2. The van der Waals surface area contributed by atoms with E-state index in [4.69, 9.17) is 41.2 Å². The third-order valence-corrected chi connectivity index (χ3v) is 4.44. The average molecular weight is 410 g/mol. The van der Waals surface area contributed by atoms with Gasteiger partial charge in [-0.25, -0.2) is 0 Å². The van der Waals surface area contributed by atoms with Crippen LogP contribution in [-0.4, -0.2) is 28.4 Å². The van der Waals surface area contributed by atoms with Gasteiger partial charge in [0.2, 0.25) is 5.91 Å². The molecule has 26 heavy (non-hydrogen) atoms. The first-order valence-electron chi connectivity index (χ1n) is 7.74. The van der Waals surface area contributed by atoms with E-state index in [1.807, 2.05) is 30.3 Å². The molecule has 0 fully saturated rings. The summed E-state index contributed by atoms with van der Waals surface area (Å²) in [5.41, 5.74) is 6.48. The summed E-state index contributed by atoms with van der Waals surface area (Å²) >= 11 is 17.2. The molecule has 0 aliphatic carbocycles. The van der Waals surface area contributed by atoms with Crippen LogP contribution >= 0.6 is 35.4 Å². The van der Waals surface area contributed by atoms with Gasteiger partial charge in [-0.15, -0.1) is 0 Å². The maximum Gasteiger partial charge on any atom is 0.258 e. The van der Waals surface area contributed by atoms with E-state index in [1.165, 1.54) is 12.1 Å². The van der Waals surface area contributed by atoms with E-state index in [0.717, 1.165) is 5.56 Å². The molecule has 2 aromatic carbocycles. The van der Waals surface area contributed by atoms with Crippen molar-refractivity contribution in [2.24, 2.45) is 5.73 Å². The first-order chi connectivity index (χ1) is 12.4. The highest BCUT2D eigenvalue weighted by Gasteiger charge is 2.17. The van der Waals surface area contributed by atoms with Crippen LogP contribution in [0.1, 0.15) is 22.3 Å². The molecule has 3 N–H and O–H groups in total. The van der Waals surface area contributed by atoms with Crippen molar-refractivity contribution in [2.45, 2.75) is 13.0 Å². The lowest BCUT2D eigenvalue weighted by Crippen LogP contribution is -2.43. The van der Waals surface area contributed by atoms with Crippen molar-refractivity contribution in [3.05, 3.63) is 69.7 Å². The quantitative estimate of drug-likeness (QED) is 0.716. The number of rotatable bonds is 6. The Hall–Kier alpha value is -2.15. The fourth-order valence-electron chi connectivity index (χ4n) is 2.22. The second-order valence-electron chi connectivity index (χ2n) is 5.51. The Morgan fingerprint density at radius 3 is 2.42 bits per heavy atom. The van der Waals surface area contributed by atoms with Gasteiger partial charge in [0.15, 0.2) is 5.11 Å². The van der Waals surface area contributed by atoms with Crippen molar-refractivity contribution >= 4 is 52.3 Å². The van der Waals surface area contributed by atoms with Crippen LogP contribution < -0.4 is 11.1 Å². The lowest BCUT2D eigenvalue weighted by molar-refractivity contribution is -0.118. The van der Waals surface area contributed by atoms with E-state index in [0.29, 0.717) is 11.6 Å². The van der Waals surface area contributed by atoms with Crippen molar-refractivity contribution in [3.63, 3.8) is 0 Å². The smallest absolute Gasteiger partial charge is 0.258 e. The Kier molecular flexibility index (Phi) is 7.38. The summed E-state index contributed by atoms with van der Waals surface area (Å²) in [6.07, 6.45) is 0.116. The Morgan fingerprint density at radius 2 is 1.81 bits per heavy atom. The van der Waals surface area contributed by atoms with Gasteiger partial charge < -0.3 is 10.6 Å². The van der Waals surface area contributed by atoms with Crippen LogP contribution in [0.3, 0.4) is 0 Å². The monoisotopic (exact) mass is 409 g/mol. The molecule has 2 rings (SSSR count). The molecule has 136 valence electrons. The third-order valence-electron chi connectivity index (χ3n) is 3.53. The number of nitrogens with two attached hydrogens (primary N) is 1. The molecule has 0 spiro atoms. The molecule has 0 radical (unpaired) electrons. The van der Waals surface area contributed by atoms with Gasteiger partial charge in [0, 0.05) is 24.5 Å². The molecule has 0 saturated carbocycles. The normalized spacial score (nSPS) is 10.2. The number of hydrogen-bond acceptors (Lipinski definition) is 3. The van der Waals surface area contributed by atoms with Gasteiger partial charge >= 0.3 is 0 Å². The maximum atomic E-state index is 12.4. The van der Waals surface area contributed by atoms with Crippen LogP contribution in [0.25, 0.3) is 0 Å². The summed E-state index contributed by atoms with van der Waals surface area (Å²) in [6.45, 7) is 0.722. The van der Waals surface area contributed by atoms with Crippen molar-refractivity contribution in [2.75, 3.05) is 6.54 Å². The highest BCUT2D eigenvalue weighted by molar-refractivity contribution is 7.80. The van der Waals surface area contributed by atoms with Crippen LogP contribution in [-0.2, 0) is 11.3 Å². The number of thiocarbonyl (C=S) groups is 1. The molecular formula is C18H17Cl2N3O2S. The molecule has 0 saturated heterocycles. The Labute approximate surface area is 167 Å². The first-order valence-corrected chi connectivity index (χ1v) is 8.91. The zero-order chi connectivity index (χ0) is 19.1. The fraction of sp³-hybridized carbons (Fsp3) is 0.167. The second-order valence-corrected chi connectivity index (χ2v) is 6.74. The van der Waals surface area contributed by atoms with Gasteiger partial charge in [-0.1, -0.05) is 53.5 Å². The number of hydrogen-bond donors (Lipinski definition) is 2. The van der Waals surface area contributed by atoms with E-state index in [9.17, 15) is 9.59 Å². The molecule has 2 amide bonds. The Morgan fingerprint density at radius 1 is 1.12 bits per heavy atom. The first kappa shape index (κ1) is 20.2. The van der Waals surface area contributed by atoms with E-state index < -0.39 is 11.8 Å². The molecule has 0 unspecified atom stereocenters. The van der Waals surface area contributed by atoms with E-state index >= 15 is 0 Å². The van der Waals surface area contributed by atoms with Gasteiger partial charge in [-0.05, 0) is 36.0 Å². The van der Waals surface area contributed by atoms with Crippen molar-refractivity contribution in [1.29, 1.82) is 0 Å². The van der Waals surface area contributed by atoms with Crippen molar-refractivity contribution in [1.82, 2.24) is 10.2 Å². The SMILES string of the molecule is NC(=O)CCN(Cc1ccccc1)C(=S)NC(=O)c1ccc(Cl)cc1Cl. The van der Waals surface area contributed by atoms with Gasteiger partial charge in [-0.2, -0.15) is 0 Å². The zero-order valence-corrected chi connectivity index (χ0v) is 16.1. The fourth-order valence-corrected chi connectivity index (χ4v) is 2.96. The molecule has 2 aromatic rings. The number of nitrogens with one attached hydrogen (secondary N) is 1.